The second-order valence-corrected chi connectivity index (χ2v) is 4.68. The lowest BCUT2D eigenvalue weighted by Gasteiger charge is -2.38. The summed E-state index contributed by atoms with van der Waals surface area (Å²) in [5.74, 6) is -0.763. The van der Waals surface area contributed by atoms with Gasteiger partial charge in [0.2, 0.25) is 0 Å². The van der Waals surface area contributed by atoms with E-state index >= 15 is 0 Å². The van der Waals surface area contributed by atoms with Crippen LogP contribution < -0.4 is 5.76 Å². The van der Waals surface area contributed by atoms with Crippen molar-refractivity contribution in [2.45, 2.75) is 5.41 Å². The van der Waals surface area contributed by atoms with Crippen molar-refractivity contribution >= 4 is 17.1 Å². The fraction of sp³-hybridized carbons (Fsp3) is 0.385. The molecule has 1 aliphatic rings. The number of esters is 1. The van der Waals surface area contributed by atoms with Crippen LogP contribution in [0.2, 0.25) is 0 Å². The highest BCUT2D eigenvalue weighted by atomic mass is 16.5. The van der Waals surface area contributed by atoms with Crippen molar-refractivity contribution in [2.24, 2.45) is 7.05 Å². The van der Waals surface area contributed by atoms with Gasteiger partial charge < -0.3 is 13.9 Å². The molecular formula is C13H13NO5. The van der Waals surface area contributed by atoms with Crippen LogP contribution in [0.4, 0.5) is 0 Å². The maximum Gasteiger partial charge on any atom is 0.419 e. The van der Waals surface area contributed by atoms with Gasteiger partial charge in [0.05, 0.1) is 25.8 Å². The van der Waals surface area contributed by atoms with Crippen LogP contribution in [-0.4, -0.2) is 30.9 Å². The maximum absolute atomic E-state index is 11.9. The van der Waals surface area contributed by atoms with Crippen LogP contribution in [-0.2, 0) is 26.7 Å². The number of methoxy groups -OCH3 is 1. The van der Waals surface area contributed by atoms with E-state index in [1.54, 1.807) is 25.2 Å². The van der Waals surface area contributed by atoms with Crippen molar-refractivity contribution in [1.29, 1.82) is 0 Å². The van der Waals surface area contributed by atoms with E-state index in [0.717, 1.165) is 5.56 Å². The molecule has 1 aromatic carbocycles. The second kappa shape index (κ2) is 3.96. The maximum atomic E-state index is 11.9. The lowest BCUT2D eigenvalue weighted by atomic mass is 9.78. The summed E-state index contributed by atoms with van der Waals surface area (Å²) in [5.41, 5.74) is 1.11. The Kier molecular flexibility index (Phi) is 2.50. The molecule has 6 heteroatoms. The number of rotatable bonds is 2. The number of oxazole rings is 1. The van der Waals surface area contributed by atoms with Gasteiger partial charge in [0, 0.05) is 7.05 Å². The predicted molar refractivity (Wildman–Crippen MR) is 66.0 cm³/mol. The summed E-state index contributed by atoms with van der Waals surface area (Å²) in [6, 6.07) is 5.27. The summed E-state index contributed by atoms with van der Waals surface area (Å²) in [4.78, 5) is 23.4. The number of aryl methyl sites for hydroxylation is 1. The average Bonchev–Trinajstić information content (AvgIpc) is 2.63. The number of ether oxygens (including phenoxy) is 2. The average molecular weight is 263 g/mol. The van der Waals surface area contributed by atoms with Gasteiger partial charge in [0.15, 0.2) is 5.58 Å². The topological polar surface area (TPSA) is 70.7 Å². The number of benzene rings is 1. The zero-order valence-corrected chi connectivity index (χ0v) is 10.6. The molecule has 3 rings (SSSR count). The molecule has 1 aromatic heterocycles. The molecule has 0 bridgehead atoms. The molecule has 1 saturated heterocycles. The quantitative estimate of drug-likeness (QED) is 0.741. The monoisotopic (exact) mass is 263 g/mol. The van der Waals surface area contributed by atoms with Crippen LogP contribution in [0.25, 0.3) is 11.1 Å². The summed E-state index contributed by atoms with van der Waals surface area (Å²) in [5, 5.41) is 0. The van der Waals surface area contributed by atoms with Crippen LogP contribution in [0.3, 0.4) is 0 Å². The highest BCUT2D eigenvalue weighted by Gasteiger charge is 2.49. The third-order valence-corrected chi connectivity index (χ3v) is 3.62. The van der Waals surface area contributed by atoms with Crippen molar-refractivity contribution in [3.05, 3.63) is 34.3 Å². The van der Waals surface area contributed by atoms with Gasteiger partial charge in [-0.2, -0.15) is 0 Å². The van der Waals surface area contributed by atoms with Crippen LogP contribution in [0.1, 0.15) is 5.56 Å². The van der Waals surface area contributed by atoms with E-state index < -0.39 is 11.2 Å². The Hall–Kier alpha value is -2.08. The number of nitrogens with zero attached hydrogens (tertiary/aromatic N) is 1. The fourth-order valence-corrected chi connectivity index (χ4v) is 2.34. The molecule has 0 spiro atoms. The zero-order valence-electron chi connectivity index (χ0n) is 10.6. The van der Waals surface area contributed by atoms with Crippen molar-refractivity contribution in [2.75, 3.05) is 20.3 Å². The first-order valence-electron chi connectivity index (χ1n) is 5.85. The normalized spacial score (nSPS) is 17.2. The molecule has 1 fully saturated rings. The van der Waals surface area contributed by atoms with Gasteiger partial charge in [-0.05, 0) is 17.7 Å². The van der Waals surface area contributed by atoms with E-state index in [2.05, 4.69) is 0 Å². The van der Waals surface area contributed by atoms with Crippen molar-refractivity contribution in [1.82, 2.24) is 4.57 Å². The number of carbonyl (C=O) groups is 1. The molecule has 2 aromatic rings. The van der Waals surface area contributed by atoms with Gasteiger partial charge in [-0.15, -0.1) is 0 Å². The van der Waals surface area contributed by atoms with E-state index in [9.17, 15) is 9.59 Å². The molecular weight excluding hydrogens is 250 g/mol. The molecule has 0 saturated carbocycles. The van der Waals surface area contributed by atoms with Crippen LogP contribution in [0, 0.1) is 0 Å². The molecule has 100 valence electrons. The van der Waals surface area contributed by atoms with E-state index in [4.69, 9.17) is 13.9 Å². The van der Waals surface area contributed by atoms with Gasteiger partial charge in [-0.1, -0.05) is 6.07 Å². The van der Waals surface area contributed by atoms with Crippen molar-refractivity contribution < 1.29 is 18.7 Å². The smallest absolute Gasteiger partial charge is 0.419 e. The lowest BCUT2D eigenvalue weighted by molar-refractivity contribution is -0.166. The van der Waals surface area contributed by atoms with Crippen molar-refractivity contribution in [3.63, 3.8) is 0 Å². The Balaban J connectivity index is 2.15. The molecule has 0 unspecified atom stereocenters. The van der Waals surface area contributed by atoms with Crippen LogP contribution in [0.5, 0.6) is 0 Å². The first-order valence-corrected chi connectivity index (χ1v) is 5.85. The Morgan fingerprint density at radius 1 is 1.42 bits per heavy atom. The third-order valence-electron chi connectivity index (χ3n) is 3.62. The Bertz CT molecular complexity index is 707. The number of hydrogen-bond donors (Lipinski definition) is 0. The van der Waals surface area contributed by atoms with E-state index in [0.29, 0.717) is 11.1 Å². The summed E-state index contributed by atoms with van der Waals surface area (Å²) in [6.45, 7) is 0.560. The lowest BCUT2D eigenvalue weighted by Crippen LogP contribution is -2.53. The largest absolute Gasteiger partial charge is 0.468 e. The highest BCUT2D eigenvalue weighted by molar-refractivity contribution is 5.86. The van der Waals surface area contributed by atoms with Gasteiger partial charge in [0.25, 0.3) is 0 Å². The van der Waals surface area contributed by atoms with Gasteiger partial charge in [-0.25, -0.2) is 4.79 Å². The summed E-state index contributed by atoms with van der Waals surface area (Å²) in [6.07, 6.45) is 0. The highest BCUT2D eigenvalue weighted by Crippen LogP contribution is 2.35. The van der Waals surface area contributed by atoms with Crippen molar-refractivity contribution in [3.8, 4) is 0 Å². The number of aromatic nitrogens is 1. The molecule has 1 aliphatic heterocycles. The summed E-state index contributed by atoms with van der Waals surface area (Å²) < 4.78 is 16.5. The SMILES string of the molecule is COC(=O)C1(c2ccc3c(c2)oc(=O)n3C)COC1. The number of hydrogen-bond acceptors (Lipinski definition) is 5. The minimum Gasteiger partial charge on any atom is -0.468 e. The van der Waals surface area contributed by atoms with E-state index in [1.807, 2.05) is 0 Å². The van der Waals surface area contributed by atoms with E-state index in [1.165, 1.54) is 11.7 Å². The standard InChI is InChI=1S/C13H13NO5/c1-14-9-4-3-8(5-10(9)19-12(14)16)13(6-18-7-13)11(15)17-2/h3-5H,6-7H2,1-2H3. The minimum absolute atomic E-state index is 0.280. The zero-order chi connectivity index (χ0) is 13.6. The number of carbonyl (C=O) groups excluding carboxylic acids is 1. The molecule has 0 aliphatic carbocycles. The molecule has 0 N–H and O–H groups in total. The third kappa shape index (κ3) is 1.53. The Morgan fingerprint density at radius 2 is 2.16 bits per heavy atom. The summed E-state index contributed by atoms with van der Waals surface area (Å²) >= 11 is 0. The molecule has 0 atom stereocenters. The predicted octanol–water partition coefficient (Wildman–Crippen LogP) is 0.573. The first-order chi connectivity index (χ1) is 9.08. The molecule has 0 amide bonds. The molecule has 19 heavy (non-hydrogen) atoms. The molecule has 0 radical (unpaired) electrons. The molecule has 2 heterocycles. The van der Waals surface area contributed by atoms with Gasteiger partial charge >= 0.3 is 11.7 Å². The summed E-state index contributed by atoms with van der Waals surface area (Å²) in [7, 11) is 2.99. The Labute approximate surface area is 108 Å². The van der Waals surface area contributed by atoms with Gasteiger partial charge in [-0.3, -0.25) is 9.36 Å². The van der Waals surface area contributed by atoms with Crippen LogP contribution >= 0.6 is 0 Å². The van der Waals surface area contributed by atoms with Crippen LogP contribution in [0.15, 0.2) is 27.4 Å². The molecule has 6 nitrogen and oxygen atoms in total. The second-order valence-electron chi connectivity index (χ2n) is 4.68. The van der Waals surface area contributed by atoms with E-state index in [-0.39, 0.29) is 19.2 Å². The first kappa shape index (κ1) is 12.0. The number of fused-ring (bicyclic) bond motifs is 1. The van der Waals surface area contributed by atoms with Gasteiger partial charge in [0.1, 0.15) is 5.41 Å². The minimum atomic E-state index is -0.780. The Morgan fingerprint density at radius 3 is 2.74 bits per heavy atom. The fourth-order valence-electron chi connectivity index (χ4n) is 2.34.